The molecule has 18 heavy (non-hydrogen) atoms. The number of amides is 1. The molecule has 0 bridgehead atoms. The molecule has 5 heteroatoms. The van der Waals surface area contributed by atoms with Crippen LogP contribution in [0, 0.1) is 5.92 Å². The van der Waals surface area contributed by atoms with E-state index in [-0.39, 0.29) is 11.8 Å². The molecule has 1 aromatic rings. The van der Waals surface area contributed by atoms with Crippen LogP contribution >= 0.6 is 11.6 Å². The first-order chi connectivity index (χ1) is 8.58. The van der Waals surface area contributed by atoms with Gasteiger partial charge < -0.3 is 11.5 Å². The van der Waals surface area contributed by atoms with E-state index in [0.717, 1.165) is 43.7 Å². The van der Waals surface area contributed by atoms with Gasteiger partial charge >= 0.3 is 0 Å². The second kappa shape index (κ2) is 5.59. The van der Waals surface area contributed by atoms with Gasteiger partial charge in [-0.25, -0.2) is 0 Å². The SMILES string of the molecule is NC(=O)C1CCN(Cc2c(N)cccc2Cl)CC1. The number of anilines is 1. The van der Waals surface area contributed by atoms with Crippen molar-refractivity contribution in [3.05, 3.63) is 28.8 Å². The van der Waals surface area contributed by atoms with Gasteiger partial charge in [0.05, 0.1) is 0 Å². The normalized spacial score (nSPS) is 17.8. The van der Waals surface area contributed by atoms with Crippen LogP contribution in [0.25, 0.3) is 0 Å². The third kappa shape index (κ3) is 2.94. The lowest BCUT2D eigenvalue weighted by Gasteiger charge is -2.31. The molecule has 0 aromatic heterocycles. The second-order valence-corrected chi connectivity index (χ2v) is 5.17. The van der Waals surface area contributed by atoms with Crippen molar-refractivity contribution in [3.8, 4) is 0 Å². The Labute approximate surface area is 112 Å². The summed E-state index contributed by atoms with van der Waals surface area (Å²) in [6.45, 7) is 2.45. The highest BCUT2D eigenvalue weighted by molar-refractivity contribution is 6.31. The van der Waals surface area contributed by atoms with Crippen LogP contribution in [0.1, 0.15) is 18.4 Å². The quantitative estimate of drug-likeness (QED) is 0.818. The maximum atomic E-state index is 11.1. The Morgan fingerprint density at radius 3 is 2.61 bits per heavy atom. The van der Waals surface area contributed by atoms with Crippen LogP contribution in [-0.4, -0.2) is 23.9 Å². The van der Waals surface area contributed by atoms with Gasteiger partial charge in [0.2, 0.25) is 5.91 Å². The van der Waals surface area contributed by atoms with Crippen LogP contribution < -0.4 is 11.5 Å². The monoisotopic (exact) mass is 267 g/mol. The Morgan fingerprint density at radius 2 is 2.06 bits per heavy atom. The molecule has 1 aliphatic rings. The summed E-state index contributed by atoms with van der Waals surface area (Å²) in [6.07, 6.45) is 1.64. The number of benzene rings is 1. The van der Waals surface area contributed by atoms with Crippen molar-refractivity contribution in [2.75, 3.05) is 18.8 Å². The fourth-order valence-electron chi connectivity index (χ4n) is 2.34. The molecule has 0 saturated carbocycles. The molecule has 1 amide bonds. The fourth-order valence-corrected chi connectivity index (χ4v) is 2.58. The van der Waals surface area contributed by atoms with Crippen molar-refractivity contribution in [2.45, 2.75) is 19.4 Å². The van der Waals surface area contributed by atoms with Crippen LogP contribution in [0.2, 0.25) is 5.02 Å². The van der Waals surface area contributed by atoms with Gasteiger partial charge in [0, 0.05) is 28.7 Å². The predicted octanol–water partition coefficient (Wildman–Crippen LogP) is 1.62. The van der Waals surface area contributed by atoms with E-state index in [1.165, 1.54) is 0 Å². The standard InChI is InChI=1S/C13H18ClN3O/c14-11-2-1-3-12(15)10(11)8-17-6-4-9(5-7-17)13(16)18/h1-3,9H,4-8,15H2,(H2,16,18). The van der Waals surface area contributed by atoms with Crippen molar-refractivity contribution in [1.82, 2.24) is 4.90 Å². The van der Waals surface area contributed by atoms with Crippen LogP contribution in [0.3, 0.4) is 0 Å². The molecule has 0 unspecified atom stereocenters. The number of hydrogen-bond acceptors (Lipinski definition) is 3. The molecule has 2 rings (SSSR count). The summed E-state index contributed by atoms with van der Waals surface area (Å²) in [5.41, 5.74) is 12.9. The fraction of sp³-hybridized carbons (Fsp3) is 0.462. The molecule has 1 aromatic carbocycles. The number of nitrogen functional groups attached to an aromatic ring is 1. The first-order valence-corrected chi connectivity index (χ1v) is 6.50. The topological polar surface area (TPSA) is 72.4 Å². The summed E-state index contributed by atoms with van der Waals surface area (Å²) in [6, 6.07) is 5.56. The van der Waals surface area contributed by atoms with Crippen LogP contribution in [-0.2, 0) is 11.3 Å². The number of hydrogen-bond donors (Lipinski definition) is 2. The summed E-state index contributed by atoms with van der Waals surface area (Å²) in [4.78, 5) is 13.4. The van der Waals surface area contributed by atoms with Gasteiger partial charge in [0.15, 0.2) is 0 Å². The molecule has 4 N–H and O–H groups in total. The molecular weight excluding hydrogens is 250 g/mol. The minimum Gasteiger partial charge on any atom is -0.398 e. The Balaban J connectivity index is 1.98. The maximum Gasteiger partial charge on any atom is 0.220 e. The van der Waals surface area contributed by atoms with E-state index in [1.54, 1.807) is 0 Å². The Morgan fingerprint density at radius 1 is 1.39 bits per heavy atom. The minimum absolute atomic E-state index is 0.0184. The van der Waals surface area contributed by atoms with Crippen LogP contribution in [0.5, 0.6) is 0 Å². The van der Waals surface area contributed by atoms with E-state index >= 15 is 0 Å². The molecule has 0 aliphatic carbocycles. The third-order valence-corrected chi connectivity index (χ3v) is 3.88. The summed E-state index contributed by atoms with van der Waals surface area (Å²) < 4.78 is 0. The van der Waals surface area contributed by atoms with E-state index in [1.807, 2.05) is 18.2 Å². The molecule has 0 radical (unpaired) electrons. The smallest absolute Gasteiger partial charge is 0.220 e. The Kier molecular flexibility index (Phi) is 4.09. The highest BCUT2D eigenvalue weighted by atomic mass is 35.5. The molecule has 1 fully saturated rings. The van der Waals surface area contributed by atoms with Crippen LogP contribution in [0.4, 0.5) is 5.69 Å². The highest BCUT2D eigenvalue weighted by Gasteiger charge is 2.23. The first-order valence-electron chi connectivity index (χ1n) is 6.12. The zero-order valence-corrected chi connectivity index (χ0v) is 11.0. The molecule has 1 saturated heterocycles. The largest absolute Gasteiger partial charge is 0.398 e. The van der Waals surface area contributed by atoms with E-state index in [4.69, 9.17) is 23.1 Å². The molecule has 0 spiro atoms. The van der Waals surface area contributed by atoms with Crippen molar-refractivity contribution in [1.29, 1.82) is 0 Å². The number of likely N-dealkylation sites (tertiary alicyclic amines) is 1. The number of rotatable bonds is 3. The van der Waals surface area contributed by atoms with Gasteiger partial charge in [-0.2, -0.15) is 0 Å². The molecule has 0 atom stereocenters. The Hall–Kier alpha value is -1.26. The van der Waals surface area contributed by atoms with Crippen LogP contribution in [0.15, 0.2) is 18.2 Å². The van der Waals surface area contributed by atoms with E-state index in [0.29, 0.717) is 5.02 Å². The number of nitrogens with two attached hydrogens (primary N) is 2. The number of carbonyl (C=O) groups excluding carboxylic acids is 1. The first kappa shape index (κ1) is 13.2. The van der Waals surface area contributed by atoms with Gasteiger partial charge in [0.25, 0.3) is 0 Å². The van der Waals surface area contributed by atoms with Gasteiger partial charge in [-0.1, -0.05) is 17.7 Å². The van der Waals surface area contributed by atoms with Gasteiger partial charge in [0.1, 0.15) is 0 Å². The summed E-state index contributed by atoms with van der Waals surface area (Å²) in [5.74, 6) is -0.170. The average Bonchev–Trinajstić information content (AvgIpc) is 2.34. The van der Waals surface area contributed by atoms with E-state index < -0.39 is 0 Å². The lowest BCUT2D eigenvalue weighted by Crippen LogP contribution is -2.38. The van der Waals surface area contributed by atoms with Crippen molar-refractivity contribution in [2.24, 2.45) is 11.7 Å². The zero-order chi connectivity index (χ0) is 13.1. The number of carbonyl (C=O) groups is 1. The lowest BCUT2D eigenvalue weighted by molar-refractivity contribution is -0.123. The number of halogens is 1. The summed E-state index contributed by atoms with van der Waals surface area (Å²) in [7, 11) is 0. The minimum atomic E-state index is -0.188. The predicted molar refractivity (Wildman–Crippen MR) is 73.1 cm³/mol. The van der Waals surface area contributed by atoms with E-state index in [2.05, 4.69) is 4.90 Å². The lowest BCUT2D eigenvalue weighted by atomic mass is 9.96. The molecule has 98 valence electrons. The molecule has 1 aliphatic heterocycles. The molecule has 4 nitrogen and oxygen atoms in total. The maximum absolute atomic E-state index is 11.1. The summed E-state index contributed by atoms with van der Waals surface area (Å²) >= 11 is 6.15. The van der Waals surface area contributed by atoms with Gasteiger partial charge in [-0.15, -0.1) is 0 Å². The number of nitrogens with zero attached hydrogens (tertiary/aromatic N) is 1. The summed E-state index contributed by atoms with van der Waals surface area (Å²) in [5, 5.41) is 0.701. The van der Waals surface area contributed by atoms with Gasteiger partial charge in [-0.05, 0) is 38.1 Å². The number of primary amides is 1. The Bertz CT molecular complexity index is 422. The van der Waals surface area contributed by atoms with Crippen molar-refractivity contribution < 1.29 is 4.79 Å². The van der Waals surface area contributed by atoms with Gasteiger partial charge in [-0.3, -0.25) is 9.69 Å². The highest BCUT2D eigenvalue weighted by Crippen LogP contribution is 2.26. The molecular formula is C13H18ClN3O. The van der Waals surface area contributed by atoms with Crippen molar-refractivity contribution >= 4 is 23.2 Å². The second-order valence-electron chi connectivity index (χ2n) is 4.76. The zero-order valence-electron chi connectivity index (χ0n) is 10.2. The van der Waals surface area contributed by atoms with E-state index in [9.17, 15) is 4.79 Å². The number of piperidine rings is 1. The third-order valence-electron chi connectivity index (χ3n) is 3.53. The van der Waals surface area contributed by atoms with Crippen molar-refractivity contribution in [3.63, 3.8) is 0 Å². The molecule has 1 heterocycles. The average molecular weight is 268 g/mol.